The highest BCUT2D eigenvalue weighted by Gasteiger charge is 2.28. The van der Waals surface area contributed by atoms with Crippen LogP contribution in [0.5, 0.6) is 0 Å². The van der Waals surface area contributed by atoms with Crippen LogP contribution in [0.3, 0.4) is 0 Å². The molecular formula is C9H16O3. The summed E-state index contributed by atoms with van der Waals surface area (Å²) in [6.07, 6.45) is 2.81. The second kappa shape index (κ2) is 3.90. The van der Waals surface area contributed by atoms with E-state index in [1.165, 1.54) is 6.42 Å². The number of rotatable bonds is 4. The molecule has 1 unspecified atom stereocenters. The van der Waals surface area contributed by atoms with Crippen LogP contribution in [0.1, 0.15) is 33.1 Å². The maximum Gasteiger partial charge on any atom is 0.333 e. The molecule has 0 amide bonds. The number of carboxylic acids is 1. The zero-order valence-electron chi connectivity index (χ0n) is 7.62. The Morgan fingerprint density at radius 1 is 1.50 bits per heavy atom. The van der Waals surface area contributed by atoms with Crippen LogP contribution in [-0.4, -0.2) is 23.3 Å². The van der Waals surface area contributed by atoms with Crippen molar-refractivity contribution in [2.24, 2.45) is 5.92 Å². The molecule has 0 saturated heterocycles. The maximum atomic E-state index is 10.7. The van der Waals surface area contributed by atoms with E-state index in [1.807, 2.05) is 13.8 Å². The lowest BCUT2D eigenvalue weighted by atomic mass is 9.95. The van der Waals surface area contributed by atoms with Crippen LogP contribution in [0.4, 0.5) is 0 Å². The van der Waals surface area contributed by atoms with E-state index >= 15 is 0 Å². The molecule has 1 atom stereocenters. The Labute approximate surface area is 72.7 Å². The minimum absolute atomic E-state index is 0.0584. The molecule has 3 nitrogen and oxygen atoms in total. The van der Waals surface area contributed by atoms with Crippen molar-refractivity contribution in [3.05, 3.63) is 0 Å². The third-order valence-corrected chi connectivity index (χ3v) is 2.24. The van der Waals surface area contributed by atoms with Gasteiger partial charge in [-0.2, -0.15) is 0 Å². The summed E-state index contributed by atoms with van der Waals surface area (Å²) in [6, 6.07) is 0. The molecule has 70 valence electrons. The summed E-state index contributed by atoms with van der Waals surface area (Å²) < 4.78 is 5.41. The molecule has 1 aliphatic carbocycles. The first-order valence-electron chi connectivity index (χ1n) is 4.49. The van der Waals surface area contributed by atoms with E-state index in [4.69, 9.17) is 9.84 Å². The Morgan fingerprint density at radius 3 is 2.33 bits per heavy atom. The molecule has 1 aliphatic rings. The Kier molecular flexibility index (Phi) is 3.09. The summed E-state index contributed by atoms with van der Waals surface area (Å²) in [4.78, 5) is 10.7. The van der Waals surface area contributed by atoms with Crippen molar-refractivity contribution in [3.8, 4) is 0 Å². The lowest BCUT2D eigenvalue weighted by Crippen LogP contribution is -2.36. The van der Waals surface area contributed by atoms with Crippen molar-refractivity contribution in [3.63, 3.8) is 0 Å². The molecule has 0 aromatic heterocycles. The molecule has 0 aliphatic heterocycles. The predicted molar refractivity (Wildman–Crippen MR) is 45.0 cm³/mol. The van der Waals surface area contributed by atoms with Crippen LogP contribution in [0, 0.1) is 5.92 Å². The number of carbonyl (C=O) groups is 1. The van der Waals surface area contributed by atoms with Crippen molar-refractivity contribution in [1.29, 1.82) is 0 Å². The van der Waals surface area contributed by atoms with Crippen LogP contribution in [0.15, 0.2) is 0 Å². The molecule has 1 fully saturated rings. The summed E-state index contributed by atoms with van der Waals surface area (Å²) >= 11 is 0. The highest BCUT2D eigenvalue weighted by Crippen LogP contribution is 2.25. The quantitative estimate of drug-likeness (QED) is 0.701. The molecule has 0 aromatic rings. The fourth-order valence-corrected chi connectivity index (χ4v) is 1.21. The van der Waals surface area contributed by atoms with Gasteiger partial charge < -0.3 is 9.84 Å². The molecule has 0 radical (unpaired) electrons. The zero-order valence-corrected chi connectivity index (χ0v) is 7.62. The monoisotopic (exact) mass is 172 g/mol. The first kappa shape index (κ1) is 9.52. The molecule has 12 heavy (non-hydrogen) atoms. The van der Waals surface area contributed by atoms with Crippen molar-refractivity contribution < 1.29 is 14.6 Å². The SMILES string of the molecule is CC(C)C(OC1CCC1)C(=O)O. The minimum Gasteiger partial charge on any atom is -0.479 e. The molecular weight excluding hydrogens is 156 g/mol. The average Bonchev–Trinajstić information content (AvgIpc) is 1.82. The molecule has 0 spiro atoms. The molecule has 1 N–H and O–H groups in total. The van der Waals surface area contributed by atoms with Crippen molar-refractivity contribution in [2.75, 3.05) is 0 Å². The van der Waals surface area contributed by atoms with Gasteiger partial charge in [0, 0.05) is 0 Å². The smallest absolute Gasteiger partial charge is 0.333 e. The van der Waals surface area contributed by atoms with Gasteiger partial charge in [0.1, 0.15) is 0 Å². The topological polar surface area (TPSA) is 46.5 Å². The standard InChI is InChI=1S/C9H16O3/c1-6(2)8(9(10)11)12-7-4-3-5-7/h6-8H,3-5H2,1-2H3,(H,10,11). The van der Waals surface area contributed by atoms with Gasteiger partial charge in [-0.3, -0.25) is 0 Å². The summed E-state index contributed by atoms with van der Waals surface area (Å²) in [5.41, 5.74) is 0. The normalized spacial score (nSPS) is 20.6. The highest BCUT2D eigenvalue weighted by atomic mass is 16.5. The minimum atomic E-state index is -0.836. The maximum absolute atomic E-state index is 10.7. The van der Waals surface area contributed by atoms with Crippen LogP contribution in [0.2, 0.25) is 0 Å². The highest BCUT2D eigenvalue weighted by molar-refractivity contribution is 5.72. The van der Waals surface area contributed by atoms with Gasteiger partial charge in [-0.15, -0.1) is 0 Å². The van der Waals surface area contributed by atoms with E-state index in [0.29, 0.717) is 0 Å². The lowest BCUT2D eigenvalue weighted by Gasteiger charge is -2.30. The Balaban J connectivity index is 2.36. The van der Waals surface area contributed by atoms with E-state index < -0.39 is 12.1 Å². The van der Waals surface area contributed by atoms with E-state index in [1.54, 1.807) is 0 Å². The summed E-state index contributed by atoms with van der Waals surface area (Å²) in [6.45, 7) is 3.74. The molecule has 0 bridgehead atoms. The lowest BCUT2D eigenvalue weighted by molar-refractivity contribution is -0.162. The predicted octanol–water partition coefficient (Wildman–Crippen LogP) is 1.66. The van der Waals surface area contributed by atoms with Gasteiger partial charge in [0.2, 0.25) is 0 Å². The largest absolute Gasteiger partial charge is 0.479 e. The van der Waals surface area contributed by atoms with Crippen molar-refractivity contribution >= 4 is 5.97 Å². The van der Waals surface area contributed by atoms with E-state index in [2.05, 4.69) is 0 Å². The average molecular weight is 172 g/mol. The van der Waals surface area contributed by atoms with Crippen LogP contribution in [0.25, 0.3) is 0 Å². The Bertz CT molecular complexity index is 161. The van der Waals surface area contributed by atoms with Gasteiger partial charge >= 0.3 is 5.97 Å². The molecule has 0 heterocycles. The third kappa shape index (κ3) is 2.21. The van der Waals surface area contributed by atoms with E-state index in [-0.39, 0.29) is 12.0 Å². The molecule has 0 aromatic carbocycles. The second-order valence-corrected chi connectivity index (χ2v) is 3.69. The zero-order chi connectivity index (χ0) is 9.14. The van der Waals surface area contributed by atoms with E-state index in [9.17, 15) is 4.79 Å². The van der Waals surface area contributed by atoms with Gasteiger partial charge in [-0.05, 0) is 25.2 Å². The van der Waals surface area contributed by atoms with Crippen LogP contribution in [-0.2, 0) is 9.53 Å². The molecule has 3 heteroatoms. The van der Waals surface area contributed by atoms with Gasteiger partial charge in [-0.25, -0.2) is 4.79 Å². The molecule has 1 rings (SSSR count). The van der Waals surface area contributed by atoms with Gasteiger partial charge in [-0.1, -0.05) is 13.8 Å². The van der Waals surface area contributed by atoms with Crippen LogP contribution >= 0.6 is 0 Å². The number of hydrogen-bond donors (Lipinski definition) is 1. The first-order chi connectivity index (χ1) is 5.61. The van der Waals surface area contributed by atoms with Gasteiger partial charge in [0.25, 0.3) is 0 Å². The van der Waals surface area contributed by atoms with Crippen molar-refractivity contribution in [2.45, 2.75) is 45.3 Å². The summed E-state index contributed by atoms with van der Waals surface area (Å²) in [5.74, 6) is -0.778. The fourth-order valence-electron chi connectivity index (χ4n) is 1.21. The summed E-state index contributed by atoms with van der Waals surface area (Å²) in [5, 5.41) is 8.79. The van der Waals surface area contributed by atoms with Gasteiger partial charge in [0.05, 0.1) is 6.10 Å². The number of ether oxygens (including phenoxy) is 1. The van der Waals surface area contributed by atoms with E-state index in [0.717, 1.165) is 12.8 Å². The van der Waals surface area contributed by atoms with Gasteiger partial charge in [0.15, 0.2) is 6.10 Å². The molecule has 1 saturated carbocycles. The number of carboxylic acid groups (broad SMARTS) is 1. The fraction of sp³-hybridized carbons (Fsp3) is 0.889. The number of hydrogen-bond acceptors (Lipinski definition) is 2. The second-order valence-electron chi connectivity index (χ2n) is 3.69. The van der Waals surface area contributed by atoms with Crippen LogP contribution < -0.4 is 0 Å². The first-order valence-corrected chi connectivity index (χ1v) is 4.49. The Hall–Kier alpha value is -0.570. The summed E-state index contributed by atoms with van der Waals surface area (Å²) in [7, 11) is 0. The number of aliphatic carboxylic acids is 1. The third-order valence-electron chi connectivity index (χ3n) is 2.24. The Morgan fingerprint density at radius 2 is 2.08 bits per heavy atom. The van der Waals surface area contributed by atoms with Crippen molar-refractivity contribution in [1.82, 2.24) is 0 Å².